The Bertz CT molecular complexity index is 1420. The summed E-state index contributed by atoms with van der Waals surface area (Å²) in [7, 11) is -2.64. The first-order valence-corrected chi connectivity index (χ1v) is 10.7. The van der Waals surface area contributed by atoms with E-state index in [0.29, 0.717) is 0 Å². The van der Waals surface area contributed by atoms with Crippen LogP contribution >= 0.6 is 0 Å². The third-order valence-corrected chi connectivity index (χ3v) is 6.53. The van der Waals surface area contributed by atoms with Crippen LogP contribution in [0.5, 0.6) is 5.75 Å². The number of nitro benzene ring substituents is 1. The predicted octanol–water partition coefficient (Wildman–Crippen LogP) is 3.82. The highest BCUT2D eigenvalue weighted by molar-refractivity contribution is 7.91. The average molecular weight is 454 g/mol. The number of sulfone groups is 1. The Hall–Kier alpha value is -4.12. The van der Waals surface area contributed by atoms with Crippen molar-refractivity contribution in [3.8, 4) is 22.7 Å². The molecule has 0 N–H and O–H groups in total. The summed E-state index contributed by atoms with van der Waals surface area (Å²) in [4.78, 5) is 10.1. The highest BCUT2D eigenvalue weighted by atomic mass is 32.2. The molecule has 3 aromatic carbocycles. The molecule has 0 fully saturated rings. The molecule has 0 aliphatic rings. The number of halogens is 1. The van der Waals surface area contributed by atoms with Gasteiger partial charge in [-0.05, 0) is 30.3 Å². The SMILES string of the molecule is COc1cccc(F)c1-n1cc(-c2ccccc2S(=O)(=O)c2ccc([N+](=O)[O-])cc2)nn1. The van der Waals surface area contributed by atoms with Crippen LogP contribution in [0.1, 0.15) is 0 Å². The fraction of sp³-hybridized carbons (Fsp3) is 0.0476. The van der Waals surface area contributed by atoms with Gasteiger partial charge in [0.2, 0.25) is 9.84 Å². The van der Waals surface area contributed by atoms with Gasteiger partial charge < -0.3 is 4.74 Å². The van der Waals surface area contributed by atoms with Gasteiger partial charge in [0.05, 0.1) is 28.0 Å². The molecule has 32 heavy (non-hydrogen) atoms. The van der Waals surface area contributed by atoms with Gasteiger partial charge in [0.25, 0.3) is 5.69 Å². The largest absolute Gasteiger partial charge is 0.494 e. The zero-order valence-electron chi connectivity index (χ0n) is 16.5. The van der Waals surface area contributed by atoms with E-state index < -0.39 is 20.6 Å². The highest BCUT2D eigenvalue weighted by Gasteiger charge is 2.24. The van der Waals surface area contributed by atoms with Crippen molar-refractivity contribution in [2.45, 2.75) is 9.79 Å². The maximum Gasteiger partial charge on any atom is 0.269 e. The van der Waals surface area contributed by atoms with E-state index in [9.17, 15) is 22.9 Å². The van der Waals surface area contributed by atoms with Gasteiger partial charge in [-0.3, -0.25) is 10.1 Å². The Morgan fingerprint density at radius 2 is 1.75 bits per heavy atom. The molecule has 0 amide bonds. The molecule has 0 spiro atoms. The van der Waals surface area contributed by atoms with Gasteiger partial charge in [0.1, 0.15) is 17.1 Å². The van der Waals surface area contributed by atoms with Crippen LogP contribution in [-0.2, 0) is 9.84 Å². The maximum atomic E-state index is 14.4. The Labute approximate surface area is 181 Å². The lowest BCUT2D eigenvalue weighted by Gasteiger charge is -2.09. The molecule has 0 aliphatic heterocycles. The molecule has 162 valence electrons. The van der Waals surface area contributed by atoms with E-state index in [4.69, 9.17) is 4.74 Å². The Kier molecular flexibility index (Phi) is 5.41. The maximum absolute atomic E-state index is 14.4. The number of nitro groups is 1. The van der Waals surface area contributed by atoms with E-state index in [1.54, 1.807) is 24.3 Å². The summed E-state index contributed by atoms with van der Waals surface area (Å²) in [5.41, 5.74) is 0.243. The molecule has 4 aromatic rings. The Morgan fingerprint density at radius 3 is 2.44 bits per heavy atom. The van der Waals surface area contributed by atoms with Crippen LogP contribution in [0.2, 0.25) is 0 Å². The minimum atomic E-state index is -4.04. The molecule has 0 unspecified atom stereocenters. The normalized spacial score (nSPS) is 11.3. The molecule has 1 aromatic heterocycles. The fourth-order valence-electron chi connectivity index (χ4n) is 3.17. The van der Waals surface area contributed by atoms with Crippen LogP contribution in [0.25, 0.3) is 16.9 Å². The zero-order valence-corrected chi connectivity index (χ0v) is 17.4. The molecule has 0 saturated heterocycles. The molecule has 0 saturated carbocycles. The van der Waals surface area contributed by atoms with Gasteiger partial charge in [0, 0.05) is 17.7 Å². The van der Waals surface area contributed by atoms with Crippen molar-refractivity contribution in [3.63, 3.8) is 0 Å². The van der Waals surface area contributed by atoms with E-state index in [-0.39, 0.29) is 38.2 Å². The van der Waals surface area contributed by atoms with Crippen molar-refractivity contribution in [3.05, 3.63) is 88.9 Å². The summed E-state index contributed by atoms with van der Waals surface area (Å²) < 4.78 is 47.2. The van der Waals surface area contributed by atoms with E-state index in [1.165, 1.54) is 48.3 Å². The molecular formula is C21H15FN4O5S. The Balaban J connectivity index is 1.80. The molecule has 0 aliphatic carbocycles. The first-order chi connectivity index (χ1) is 15.3. The quantitative estimate of drug-likeness (QED) is 0.321. The number of hydrogen-bond donors (Lipinski definition) is 0. The van der Waals surface area contributed by atoms with Crippen molar-refractivity contribution in [2.75, 3.05) is 7.11 Å². The summed E-state index contributed by atoms with van der Waals surface area (Å²) in [6.45, 7) is 0. The van der Waals surface area contributed by atoms with E-state index in [0.717, 1.165) is 12.1 Å². The lowest BCUT2D eigenvalue weighted by atomic mass is 10.2. The second kappa shape index (κ2) is 8.19. The van der Waals surface area contributed by atoms with Crippen molar-refractivity contribution in [1.29, 1.82) is 0 Å². The first kappa shape index (κ1) is 21.1. The number of ether oxygens (including phenoxy) is 1. The molecule has 0 bridgehead atoms. The Morgan fingerprint density at radius 1 is 1.03 bits per heavy atom. The number of aromatic nitrogens is 3. The standard InChI is InChI=1S/C21H15FN4O5S/c1-31-19-7-4-6-17(22)21(19)25-13-18(23-24-25)16-5-2-3-8-20(16)32(29,30)15-11-9-14(10-12-15)26(27)28/h2-13H,1H3. The third kappa shape index (κ3) is 3.69. The fourth-order valence-corrected chi connectivity index (χ4v) is 4.63. The van der Waals surface area contributed by atoms with Crippen molar-refractivity contribution >= 4 is 15.5 Å². The lowest BCUT2D eigenvalue weighted by molar-refractivity contribution is -0.384. The second-order valence-corrected chi connectivity index (χ2v) is 8.51. The number of benzene rings is 3. The zero-order chi connectivity index (χ0) is 22.9. The predicted molar refractivity (Wildman–Crippen MR) is 112 cm³/mol. The number of non-ortho nitro benzene ring substituents is 1. The number of hydrogen-bond acceptors (Lipinski definition) is 7. The molecule has 0 atom stereocenters. The van der Waals surface area contributed by atoms with Gasteiger partial charge in [-0.25, -0.2) is 17.5 Å². The van der Waals surface area contributed by atoms with Crippen molar-refractivity contribution < 1.29 is 22.5 Å². The highest BCUT2D eigenvalue weighted by Crippen LogP contribution is 2.32. The topological polar surface area (TPSA) is 117 Å². The van der Waals surface area contributed by atoms with Gasteiger partial charge in [0.15, 0.2) is 5.82 Å². The molecule has 9 nitrogen and oxygen atoms in total. The summed E-state index contributed by atoms with van der Waals surface area (Å²) in [6, 6.07) is 15.0. The van der Waals surface area contributed by atoms with E-state index >= 15 is 0 Å². The average Bonchev–Trinajstić information content (AvgIpc) is 3.28. The van der Waals surface area contributed by atoms with Crippen molar-refractivity contribution in [2.24, 2.45) is 0 Å². The van der Waals surface area contributed by atoms with Crippen LogP contribution in [-0.4, -0.2) is 35.4 Å². The van der Waals surface area contributed by atoms with Crippen LogP contribution < -0.4 is 4.74 Å². The summed E-state index contributed by atoms with van der Waals surface area (Å²) in [5.74, 6) is -0.360. The van der Waals surface area contributed by atoms with Gasteiger partial charge in [-0.2, -0.15) is 0 Å². The van der Waals surface area contributed by atoms with Gasteiger partial charge >= 0.3 is 0 Å². The molecule has 11 heteroatoms. The van der Waals surface area contributed by atoms with Gasteiger partial charge in [-0.1, -0.05) is 29.5 Å². The molecule has 4 rings (SSSR count). The van der Waals surface area contributed by atoms with Crippen LogP contribution in [0.15, 0.2) is 82.7 Å². The number of nitrogens with zero attached hydrogens (tertiary/aromatic N) is 4. The smallest absolute Gasteiger partial charge is 0.269 e. The van der Waals surface area contributed by atoms with E-state index in [2.05, 4.69) is 10.3 Å². The van der Waals surface area contributed by atoms with Gasteiger partial charge in [-0.15, -0.1) is 5.10 Å². The number of para-hydroxylation sites is 1. The van der Waals surface area contributed by atoms with Crippen molar-refractivity contribution in [1.82, 2.24) is 15.0 Å². The monoisotopic (exact) mass is 454 g/mol. The second-order valence-electron chi connectivity index (χ2n) is 6.59. The number of methoxy groups -OCH3 is 1. The summed E-state index contributed by atoms with van der Waals surface area (Å²) in [6.07, 6.45) is 1.39. The van der Waals surface area contributed by atoms with Crippen LogP contribution in [0.4, 0.5) is 10.1 Å². The number of rotatable bonds is 6. The first-order valence-electron chi connectivity index (χ1n) is 9.17. The minimum Gasteiger partial charge on any atom is -0.494 e. The van der Waals surface area contributed by atoms with Crippen LogP contribution in [0.3, 0.4) is 0 Å². The molecular weight excluding hydrogens is 439 g/mol. The summed E-state index contributed by atoms with van der Waals surface area (Å²) in [5, 5.41) is 18.8. The summed E-state index contributed by atoms with van der Waals surface area (Å²) >= 11 is 0. The molecule has 0 radical (unpaired) electrons. The minimum absolute atomic E-state index is 0.0319. The molecule has 1 heterocycles. The van der Waals surface area contributed by atoms with Crippen LogP contribution in [0, 0.1) is 15.9 Å². The third-order valence-electron chi connectivity index (χ3n) is 4.70. The lowest BCUT2D eigenvalue weighted by Crippen LogP contribution is -2.04. The van der Waals surface area contributed by atoms with E-state index in [1.807, 2.05) is 0 Å².